The van der Waals surface area contributed by atoms with Crippen LogP contribution in [-0.2, 0) is 40.5 Å². The van der Waals surface area contributed by atoms with Crippen LogP contribution in [-0.4, -0.2) is 4.57 Å². The van der Waals surface area contributed by atoms with Gasteiger partial charge in [-0.25, -0.2) is 0 Å². The molecule has 0 radical (unpaired) electrons. The molecular formula is C42H39NZr. The van der Waals surface area contributed by atoms with Crippen molar-refractivity contribution in [3.8, 4) is 27.9 Å². The van der Waals surface area contributed by atoms with E-state index >= 15 is 0 Å². The van der Waals surface area contributed by atoms with Crippen molar-refractivity contribution >= 4 is 14.2 Å². The first-order valence-corrected chi connectivity index (χ1v) is 18.6. The molecule has 1 atom stereocenters. The van der Waals surface area contributed by atoms with Crippen LogP contribution < -0.4 is 3.27 Å². The summed E-state index contributed by atoms with van der Waals surface area (Å²) in [5.41, 5.74) is 17.8. The first-order chi connectivity index (χ1) is 21.1. The van der Waals surface area contributed by atoms with E-state index < -0.39 is 23.2 Å². The molecule has 1 nitrogen and oxygen atoms in total. The molecular weight excluding hydrogens is 610 g/mol. The third-order valence-electron chi connectivity index (χ3n) is 9.78. The summed E-state index contributed by atoms with van der Waals surface area (Å²) < 4.78 is 4.74. The second-order valence-corrected chi connectivity index (χ2v) is 18.0. The quantitative estimate of drug-likeness (QED) is 0.180. The Bertz CT molecular complexity index is 2070. The van der Waals surface area contributed by atoms with Gasteiger partial charge in [0.2, 0.25) is 0 Å². The molecule has 0 N–H and O–H groups in total. The molecule has 2 heteroatoms. The van der Waals surface area contributed by atoms with Gasteiger partial charge in [0, 0.05) is 0 Å². The van der Waals surface area contributed by atoms with Crippen LogP contribution >= 0.6 is 0 Å². The summed E-state index contributed by atoms with van der Waals surface area (Å²) >= 11 is -1.23. The summed E-state index contributed by atoms with van der Waals surface area (Å²) in [6.45, 7) is 14.2. The summed E-state index contributed by atoms with van der Waals surface area (Å²) in [6, 6.07) is 41.6. The Morgan fingerprint density at radius 2 is 1.36 bits per heavy atom. The van der Waals surface area contributed by atoms with E-state index in [0.717, 1.165) is 6.42 Å². The molecule has 44 heavy (non-hydrogen) atoms. The number of hydrogen-bond donors (Lipinski definition) is 0. The van der Waals surface area contributed by atoms with Gasteiger partial charge in [0.15, 0.2) is 0 Å². The van der Waals surface area contributed by atoms with Crippen molar-refractivity contribution < 1.29 is 23.2 Å². The molecule has 0 saturated heterocycles. The standard InChI is InChI=1S/C21H14N.C21H25.Zr/c1-2-9-16(10-3-1)22-19-13-7-6-12-18(19)21-17-11-5-4-8-15(17)14-20(21)22;1-20(2,3)16-7-9-18-14(12-16)11-15-13-17(21(4,5)6)8-10-19(15)18;/h1-14H;7-10,12H,11H2,1-6H3;. The van der Waals surface area contributed by atoms with Gasteiger partial charge in [0.25, 0.3) is 0 Å². The molecule has 216 valence electrons. The molecule has 0 bridgehead atoms. The average Bonchev–Trinajstić information content (AvgIpc) is 3.65. The van der Waals surface area contributed by atoms with Gasteiger partial charge in [0.1, 0.15) is 0 Å². The number of aromatic nitrogens is 1. The fourth-order valence-electron chi connectivity index (χ4n) is 7.62. The zero-order valence-corrected chi connectivity index (χ0v) is 29.1. The molecule has 0 aliphatic heterocycles. The maximum atomic E-state index is 2.60. The van der Waals surface area contributed by atoms with Crippen molar-refractivity contribution in [2.24, 2.45) is 0 Å². The number of fused-ring (bicyclic) bond motifs is 8. The van der Waals surface area contributed by atoms with E-state index in [1.54, 1.807) is 14.4 Å². The van der Waals surface area contributed by atoms with Gasteiger partial charge in [-0.2, -0.15) is 0 Å². The Morgan fingerprint density at radius 1 is 0.659 bits per heavy atom. The maximum absolute atomic E-state index is 2.60. The third kappa shape index (κ3) is 4.28. The monoisotopic (exact) mass is 647 g/mol. The van der Waals surface area contributed by atoms with Crippen molar-refractivity contribution in [2.75, 3.05) is 0 Å². The van der Waals surface area contributed by atoms with Gasteiger partial charge in [0.05, 0.1) is 0 Å². The van der Waals surface area contributed by atoms with Crippen LogP contribution in [0.1, 0.15) is 78.7 Å². The topological polar surface area (TPSA) is 4.93 Å². The van der Waals surface area contributed by atoms with Crippen LogP contribution in [0.25, 0.3) is 38.8 Å². The minimum atomic E-state index is -1.23. The van der Waals surface area contributed by atoms with Gasteiger partial charge in [-0.05, 0) is 0 Å². The molecule has 0 amide bonds. The Labute approximate surface area is 273 Å². The number of benzene rings is 5. The number of hydrogen-bond acceptors (Lipinski definition) is 0. The first kappa shape index (κ1) is 28.0. The van der Waals surface area contributed by atoms with Gasteiger partial charge in [-0.15, -0.1) is 0 Å². The van der Waals surface area contributed by atoms with Crippen molar-refractivity contribution in [2.45, 2.75) is 62.4 Å². The first-order valence-electron chi connectivity index (χ1n) is 16.0. The fourth-order valence-corrected chi connectivity index (χ4v) is 12.8. The zero-order valence-electron chi connectivity index (χ0n) is 26.6. The van der Waals surface area contributed by atoms with Crippen LogP contribution in [0.4, 0.5) is 0 Å². The van der Waals surface area contributed by atoms with E-state index in [1.165, 1.54) is 61.2 Å². The Morgan fingerprint density at radius 3 is 2.14 bits per heavy atom. The third-order valence-corrected chi connectivity index (χ3v) is 14.0. The zero-order chi connectivity index (χ0) is 30.4. The molecule has 1 unspecified atom stereocenters. The Balaban J connectivity index is 1.36. The SMILES string of the molecule is CC(C)(C)c1ccc2c(c1)Cc1c-2ccc(C(C)(C)C)[c]1[Zr][CH]1c2ccccc2-c2c1n(-c1ccccc1)c1ccccc21. The Hall–Kier alpha value is -3.48. The molecule has 0 spiro atoms. The molecule has 5 aromatic carbocycles. The van der Waals surface area contributed by atoms with Crippen LogP contribution in [0, 0.1) is 0 Å². The molecule has 1 aromatic heterocycles. The van der Waals surface area contributed by atoms with Gasteiger partial charge < -0.3 is 0 Å². The molecule has 8 rings (SSSR count). The normalized spacial score (nSPS) is 15.2. The van der Waals surface area contributed by atoms with E-state index in [0.29, 0.717) is 3.63 Å². The van der Waals surface area contributed by atoms with Crippen molar-refractivity contribution in [3.63, 3.8) is 0 Å². The van der Waals surface area contributed by atoms with E-state index in [2.05, 4.69) is 155 Å². The average molecular weight is 649 g/mol. The summed E-state index contributed by atoms with van der Waals surface area (Å²) in [5.74, 6) is 0. The molecule has 2 aliphatic rings. The van der Waals surface area contributed by atoms with Crippen molar-refractivity contribution in [3.05, 3.63) is 143 Å². The second-order valence-electron chi connectivity index (χ2n) is 14.7. The summed E-state index contributed by atoms with van der Waals surface area (Å²) in [5, 5.41) is 1.37. The predicted octanol–water partition coefficient (Wildman–Crippen LogP) is 10.3. The fraction of sp³-hybridized carbons (Fsp3) is 0.238. The van der Waals surface area contributed by atoms with E-state index in [1.807, 2.05) is 0 Å². The number of rotatable bonds is 3. The summed E-state index contributed by atoms with van der Waals surface area (Å²) in [7, 11) is 0. The van der Waals surface area contributed by atoms with Crippen LogP contribution in [0.15, 0.2) is 109 Å². The summed E-state index contributed by atoms with van der Waals surface area (Å²) in [6.07, 6.45) is 1.05. The van der Waals surface area contributed by atoms with Crippen LogP contribution in [0.2, 0.25) is 0 Å². The van der Waals surface area contributed by atoms with Crippen LogP contribution in [0.3, 0.4) is 0 Å². The summed E-state index contributed by atoms with van der Waals surface area (Å²) in [4.78, 5) is 0. The predicted molar refractivity (Wildman–Crippen MR) is 182 cm³/mol. The minimum absolute atomic E-state index is 0.0869. The molecule has 1 heterocycles. The molecule has 6 aromatic rings. The Kier molecular flexibility index (Phi) is 6.38. The number of para-hydroxylation sites is 2. The van der Waals surface area contributed by atoms with Gasteiger partial charge >= 0.3 is 275 Å². The molecule has 0 saturated carbocycles. The molecule has 0 fully saturated rings. The molecule has 2 aliphatic carbocycles. The van der Waals surface area contributed by atoms with E-state index in [9.17, 15) is 0 Å². The number of nitrogens with zero attached hydrogens (tertiary/aromatic N) is 1. The second kappa shape index (κ2) is 10.0. The van der Waals surface area contributed by atoms with Gasteiger partial charge in [-0.3, -0.25) is 0 Å². The van der Waals surface area contributed by atoms with Crippen molar-refractivity contribution in [1.29, 1.82) is 0 Å². The van der Waals surface area contributed by atoms with Crippen molar-refractivity contribution in [1.82, 2.24) is 4.57 Å². The van der Waals surface area contributed by atoms with Gasteiger partial charge in [-0.1, -0.05) is 0 Å². The van der Waals surface area contributed by atoms with E-state index in [-0.39, 0.29) is 10.8 Å². The van der Waals surface area contributed by atoms with Crippen LogP contribution in [0.5, 0.6) is 0 Å². The van der Waals surface area contributed by atoms with E-state index in [4.69, 9.17) is 0 Å².